The van der Waals surface area contributed by atoms with Crippen molar-refractivity contribution >= 4 is 32.6 Å². The lowest BCUT2D eigenvalue weighted by Gasteiger charge is -2.10. The van der Waals surface area contributed by atoms with E-state index in [1.807, 2.05) is 0 Å². The lowest BCUT2D eigenvalue weighted by Crippen LogP contribution is -2.19. The second kappa shape index (κ2) is 7.02. The summed E-state index contributed by atoms with van der Waals surface area (Å²) in [5, 5.41) is 3.19. The van der Waals surface area contributed by atoms with E-state index in [0.29, 0.717) is 27.7 Å². The Morgan fingerprint density at radius 1 is 1.24 bits per heavy atom. The number of amides is 1. The fourth-order valence-electron chi connectivity index (χ4n) is 2.33. The summed E-state index contributed by atoms with van der Waals surface area (Å²) in [4.78, 5) is 20.6. The number of fused-ring (bicyclic) bond motifs is 1. The second-order valence-corrected chi connectivity index (χ2v) is 6.34. The Kier molecular flexibility index (Phi) is 4.80. The smallest absolute Gasteiger partial charge is 0.233 e. The monoisotopic (exact) mass is 361 g/mol. The molecule has 0 aliphatic carbocycles. The minimum Gasteiger partial charge on any atom is -0.497 e. The maximum atomic E-state index is 13.3. The van der Waals surface area contributed by atoms with E-state index in [1.54, 1.807) is 33.3 Å². The van der Waals surface area contributed by atoms with Gasteiger partial charge in [0, 0.05) is 18.3 Å². The van der Waals surface area contributed by atoms with Gasteiger partial charge in [0.15, 0.2) is 5.13 Å². The van der Waals surface area contributed by atoms with Crippen LogP contribution in [0.2, 0.25) is 0 Å². The SMILES string of the molecule is COc1cc(OC)c2sc(NC(=O)C(C)c3cncc(F)c3)nc2c1. The average Bonchev–Trinajstić information content (AvgIpc) is 3.02. The molecule has 1 N–H and O–H groups in total. The Hall–Kier alpha value is -2.74. The first-order chi connectivity index (χ1) is 12.0. The quantitative estimate of drug-likeness (QED) is 0.752. The first-order valence-electron chi connectivity index (χ1n) is 7.45. The number of methoxy groups -OCH3 is 2. The third-order valence-electron chi connectivity index (χ3n) is 3.73. The number of carbonyl (C=O) groups is 1. The molecule has 0 saturated carbocycles. The van der Waals surface area contributed by atoms with Crippen LogP contribution in [0.25, 0.3) is 10.2 Å². The summed E-state index contributed by atoms with van der Waals surface area (Å²) in [6.07, 6.45) is 2.57. The highest BCUT2D eigenvalue weighted by molar-refractivity contribution is 7.22. The van der Waals surface area contributed by atoms with Crippen LogP contribution in [0.1, 0.15) is 18.4 Å². The molecule has 6 nitrogen and oxygen atoms in total. The first kappa shape index (κ1) is 17.1. The van der Waals surface area contributed by atoms with Crippen LogP contribution in [-0.4, -0.2) is 30.1 Å². The third kappa shape index (κ3) is 3.53. The van der Waals surface area contributed by atoms with Crippen LogP contribution in [0, 0.1) is 5.82 Å². The first-order valence-corrected chi connectivity index (χ1v) is 8.27. The number of nitrogens with zero attached hydrogens (tertiary/aromatic N) is 2. The molecule has 1 atom stereocenters. The third-order valence-corrected chi connectivity index (χ3v) is 4.74. The number of halogens is 1. The molecule has 0 saturated heterocycles. The Balaban J connectivity index is 1.86. The Labute approximate surface area is 147 Å². The van der Waals surface area contributed by atoms with E-state index in [2.05, 4.69) is 15.3 Å². The molecule has 0 spiro atoms. The van der Waals surface area contributed by atoms with Gasteiger partial charge in [-0.25, -0.2) is 9.37 Å². The maximum absolute atomic E-state index is 13.3. The molecule has 2 aromatic heterocycles. The standard InChI is InChI=1S/C17H16FN3O3S/c1-9(10-4-11(18)8-19-7-10)16(22)21-17-20-13-5-12(23-2)6-14(24-3)15(13)25-17/h4-9H,1-3H3,(H,20,21,22). The molecule has 1 amide bonds. The van der Waals surface area contributed by atoms with Gasteiger partial charge in [-0.1, -0.05) is 11.3 Å². The van der Waals surface area contributed by atoms with Crippen molar-refractivity contribution < 1.29 is 18.7 Å². The number of aromatic nitrogens is 2. The molecule has 3 aromatic rings. The Morgan fingerprint density at radius 2 is 2.04 bits per heavy atom. The van der Waals surface area contributed by atoms with Crippen LogP contribution in [0.15, 0.2) is 30.6 Å². The summed E-state index contributed by atoms with van der Waals surface area (Å²) in [5.74, 6) is -0.0977. The van der Waals surface area contributed by atoms with Gasteiger partial charge in [-0.15, -0.1) is 0 Å². The summed E-state index contributed by atoms with van der Waals surface area (Å²) >= 11 is 1.30. The highest BCUT2D eigenvalue weighted by Gasteiger charge is 2.19. The number of hydrogen-bond acceptors (Lipinski definition) is 6. The van der Waals surface area contributed by atoms with Gasteiger partial charge >= 0.3 is 0 Å². The average molecular weight is 361 g/mol. The number of hydrogen-bond donors (Lipinski definition) is 1. The minimum absolute atomic E-state index is 0.294. The number of thiazole rings is 1. The predicted octanol–water partition coefficient (Wildman–Crippen LogP) is 3.59. The zero-order valence-corrected chi connectivity index (χ0v) is 14.7. The van der Waals surface area contributed by atoms with Crippen molar-refractivity contribution in [2.75, 3.05) is 19.5 Å². The van der Waals surface area contributed by atoms with Crippen LogP contribution < -0.4 is 14.8 Å². The fourth-order valence-corrected chi connectivity index (χ4v) is 3.27. The fraction of sp³-hybridized carbons (Fsp3) is 0.235. The Bertz CT molecular complexity index is 929. The van der Waals surface area contributed by atoms with Crippen LogP contribution in [-0.2, 0) is 4.79 Å². The van der Waals surface area contributed by atoms with E-state index in [9.17, 15) is 9.18 Å². The van der Waals surface area contributed by atoms with Crippen LogP contribution >= 0.6 is 11.3 Å². The highest BCUT2D eigenvalue weighted by atomic mass is 32.1. The Morgan fingerprint density at radius 3 is 2.72 bits per heavy atom. The van der Waals surface area contributed by atoms with Gasteiger partial charge in [0.05, 0.1) is 36.6 Å². The van der Waals surface area contributed by atoms with Gasteiger partial charge in [-0.3, -0.25) is 9.78 Å². The molecule has 0 radical (unpaired) electrons. The topological polar surface area (TPSA) is 73.3 Å². The molecule has 1 unspecified atom stereocenters. The van der Waals surface area contributed by atoms with Crippen LogP contribution in [0.5, 0.6) is 11.5 Å². The second-order valence-electron chi connectivity index (χ2n) is 5.34. The largest absolute Gasteiger partial charge is 0.497 e. The van der Waals surface area contributed by atoms with Crippen molar-refractivity contribution in [1.29, 1.82) is 0 Å². The van der Waals surface area contributed by atoms with E-state index in [1.165, 1.54) is 23.6 Å². The van der Waals surface area contributed by atoms with Crippen molar-refractivity contribution in [3.05, 3.63) is 42.0 Å². The molecular formula is C17H16FN3O3S. The zero-order valence-electron chi connectivity index (χ0n) is 13.9. The molecule has 0 aliphatic rings. The molecule has 0 aliphatic heterocycles. The summed E-state index contributed by atoms with van der Waals surface area (Å²) in [7, 11) is 3.12. The number of ether oxygens (including phenoxy) is 2. The van der Waals surface area contributed by atoms with Gasteiger partial charge in [0.25, 0.3) is 0 Å². The molecule has 0 bridgehead atoms. The number of nitrogens with one attached hydrogen (secondary N) is 1. The van der Waals surface area contributed by atoms with Crippen molar-refractivity contribution in [3.8, 4) is 11.5 Å². The van der Waals surface area contributed by atoms with Crippen LogP contribution in [0.3, 0.4) is 0 Å². The molecular weight excluding hydrogens is 345 g/mol. The number of pyridine rings is 1. The molecule has 3 rings (SSSR count). The lowest BCUT2D eigenvalue weighted by molar-refractivity contribution is -0.117. The van der Waals surface area contributed by atoms with Crippen molar-refractivity contribution in [2.45, 2.75) is 12.8 Å². The van der Waals surface area contributed by atoms with E-state index in [4.69, 9.17) is 9.47 Å². The summed E-state index contributed by atoms with van der Waals surface area (Å²) in [6, 6.07) is 4.82. The summed E-state index contributed by atoms with van der Waals surface area (Å²) in [5.41, 5.74) is 1.16. The van der Waals surface area contributed by atoms with Crippen molar-refractivity contribution in [2.24, 2.45) is 0 Å². The van der Waals surface area contributed by atoms with Gasteiger partial charge in [-0.05, 0) is 18.6 Å². The number of carbonyl (C=O) groups excluding carboxylic acids is 1. The van der Waals surface area contributed by atoms with Crippen molar-refractivity contribution in [3.63, 3.8) is 0 Å². The van der Waals surface area contributed by atoms with Gasteiger partial charge < -0.3 is 14.8 Å². The number of anilines is 1. The van der Waals surface area contributed by atoms with E-state index >= 15 is 0 Å². The van der Waals surface area contributed by atoms with Crippen molar-refractivity contribution in [1.82, 2.24) is 9.97 Å². The van der Waals surface area contributed by atoms with E-state index < -0.39 is 11.7 Å². The maximum Gasteiger partial charge on any atom is 0.233 e. The number of rotatable bonds is 5. The highest BCUT2D eigenvalue weighted by Crippen LogP contribution is 2.37. The van der Waals surface area contributed by atoms with Crippen LogP contribution in [0.4, 0.5) is 9.52 Å². The zero-order chi connectivity index (χ0) is 18.0. The van der Waals surface area contributed by atoms with E-state index in [0.717, 1.165) is 10.9 Å². The summed E-state index contributed by atoms with van der Waals surface area (Å²) in [6.45, 7) is 1.68. The number of benzene rings is 1. The van der Waals surface area contributed by atoms with Gasteiger partial charge in [0.1, 0.15) is 17.3 Å². The molecule has 2 heterocycles. The lowest BCUT2D eigenvalue weighted by atomic mass is 10.0. The van der Waals surface area contributed by atoms with E-state index in [-0.39, 0.29) is 5.91 Å². The molecule has 25 heavy (non-hydrogen) atoms. The van der Waals surface area contributed by atoms with Gasteiger partial charge in [-0.2, -0.15) is 0 Å². The molecule has 8 heteroatoms. The molecule has 130 valence electrons. The van der Waals surface area contributed by atoms with Gasteiger partial charge in [0.2, 0.25) is 5.91 Å². The molecule has 1 aromatic carbocycles. The minimum atomic E-state index is -0.563. The molecule has 0 fully saturated rings. The predicted molar refractivity (Wildman–Crippen MR) is 94.0 cm³/mol. The summed E-state index contributed by atoms with van der Waals surface area (Å²) < 4.78 is 24.6. The normalized spacial score (nSPS) is 12.0.